The van der Waals surface area contributed by atoms with E-state index in [0.717, 1.165) is 41.2 Å². The van der Waals surface area contributed by atoms with Crippen LogP contribution in [0.15, 0.2) is 116 Å². The molecule has 43 heavy (non-hydrogen) atoms. The molecule has 0 unspecified atom stereocenters. The summed E-state index contributed by atoms with van der Waals surface area (Å²) in [6.07, 6.45) is 18.8. The molecule has 1 aliphatic rings. The average Bonchev–Trinajstić information content (AvgIpc) is 3.02. The van der Waals surface area contributed by atoms with E-state index in [1.54, 1.807) is 24.5 Å². The van der Waals surface area contributed by atoms with E-state index in [1.165, 1.54) is 28.7 Å². The molecule has 1 aromatic carbocycles. The molecule has 0 saturated heterocycles. The maximum absolute atomic E-state index is 9.81. The number of allylic oxidation sites excluding steroid dienone is 10. The zero-order chi connectivity index (χ0) is 32.0. The molecule has 0 bridgehead atoms. The number of rotatable bonds is 7. The number of fused-ring (bicyclic) bond motifs is 1. The molecule has 0 amide bonds. The fourth-order valence-electron chi connectivity index (χ4n) is 4.13. The second kappa shape index (κ2) is 21.0. The van der Waals surface area contributed by atoms with Gasteiger partial charge in [0.05, 0.1) is 23.0 Å². The number of anilines is 1. The molecule has 4 heteroatoms. The Kier molecular flexibility index (Phi) is 17.7. The molecule has 0 atom stereocenters. The summed E-state index contributed by atoms with van der Waals surface area (Å²) in [7, 11) is 0. The number of hydrogen-bond donors (Lipinski definition) is 1. The van der Waals surface area contributed by atoms with Crippen LogP contribution in [0.1, 0.15) is 70.2 Å². The maximum atomic E-state index is 9.81. The van der Waals surface area contributed by atoms with Crippen LogP contribution in [-0.2, 0) is 6.42 Å². The van der Waals surface area contributed by atoms with E-state index in [9.17, 15) is 5.26 Å². The molecule has 0 aliphatic heterocycles. The summed E-state index contributed by atoms with van der Waals surface area (Å²) in [6, 6.07) is 16.6. The molecule has 4 rings (SSSR count). The van der Waals surface area contributed by atoms with Gasteiger partial charge in [-0.2, -0.15) is 5.26 Å². The number of aromatic nitrogens is 2. The third-order valence-electron chi connectivity index (χ3n) is 5.92. The highest BCUT2D eigenvalue weighted by molar-refractivity contribution is 5.80. The zero-order valence-electron chi connectivity index (χ0n) is 27.1. The molecule has 0 spiro atoms. The van der Waals surface area contributed by atoms with Crippen LogP contribution >= 0.6 is 0 Å². The standard InChI is InChI=1S/C28H26N4.C6H8.C3H8.C2H6/c1-4-30-25-7-8-26-20(3)14-21(15-24(26)16-25)5-6-23(18-29)22-10-12-32-28(17-22)27-13-19(2)9-11-31-27;1-3-5-6-4-2;1-3-2;1-2/h5-14,16-17,30H,4,15H2,1-3H3;3-6H,1-2H2;3H2,1-2H3;1-2H3/b21-5-,23-6+;6-5-;;. The van der Waals surface area contributed by atoms with Crippen molar-refractivity contribution in [1.82, 2.24) is 9.97 Å². The molecule has 4 nitrogen and oxygen atoms in total. The van der Waals surface area contributed by atoms with Crippen molar-refractivity contribution in [3.63, 3.8) is 0 Å². The number of aryl methyl sites for hydroxylation is 1. The van der Waals surface area contributed by atoms with Crippen LogP contribution in [0.25, 0.3) is 22.5 Å². The highest BCUT2D eigenvalue weighted by atomic mass is 14.8. The van der Waals surface area contributed by atoms with Gasteiger partial charge in [-0.15, -0.1) is 0 Å². The average molecular weight is 573 g/mol. The van der Waals surface area contributed by atoms with E-state index in [4.69, 9.17) is 0 Å². The van der Waals surface area contributed by atoms with Gasteiger partial charge < -0.3 is 5.32 Å². The van der Waals surface area contributed by atoms with Gasteiger partial charge >= 0.3 is 0 Å². The fourth-order valence-corrected chi connectivity index (χ4v) is 4.13. The first kappa shape index (κ1) is 36.3. The minimum absolute atomic E-state index is 0.604. The van der Waals surface area contributed by atoms with Gasteiger partial charge in [0, 0.05) is 24.6 Å². The first-order valence-electron chi connectivity index (χ1n) is 15.1. The summed E-state index contributed by atoms with van der Waals surface area (Å²) >= 11 is 0. The van der Waals surface area contributed by atoms with Crippen LogP contribution in [-0.4, -0.2) is 16.5 Å². The molecule has 2 heterocycles. The van der Waals surface area contributed by atoms with Gasteiger partial charge in [-0.05, 0) is 103 Å². The Balaban J connectivity index is 0.000000729. The van der Waals surface area contributed by atoms with E-state index < -0.39 is 0 Å². The Labute approximate surface area is 260 Å². The quantitative estimate of drug-likeness (QED) is 0.226. The van der Waals surface area contributed by atoms with E-state index >= 15 is 0 Å². The smallest absolute Gasteiger partial charge is 0.0997 e. The van der Waals surface area contributed by atoms with Crippen molar-refractivity contribution in [3.05, 3.63) is 138 Å². The normalized spacial score (nSPS) is 12.6. The number of nitriles is 1. The second-order valence-corrected chi connectivity index (χ2v) is 9.55. The molecule has 1 N–H and O–H groups in total. The summed E-state index contributed by atoms with van der Waals surface area (Å²) in [5.74, 6) is 0. The summed E-state index contributed by atoms with van der Waals surface area (Å²) in [6.45, 7) is 22.3. The second-order valence-electron chi connectivity index (χ2n) is 9.55. The van der Waals surface area contributed by atoms with Crippen molar-refractivity contribution in [2.45, 2.75) is 61.3 Å². The van der Waals surface area contributed by atoms with Crippen LogP contribution in [0.3, 0.4) is 0 Å². The van der Waals surface area contributed by atoms with Crippen molar-refractivity contribution < 1.29 is 0 Å². The zero-order valence-corrected chi connectivity index (χ0v) is 27.1. The Morgan fingerprint density at radius 2 is 1.56 bits per heavy atom. The molecule has 0 saturated carbocycles. The molecule has 1 aliphatic carbocycles. The minimum atomic E-state index is 0.604. The monoisotopic (exact) mass is 572 g/mol. The van der Waals surface area contributed by atoms with Gasteiger partial charge in [0.2, 0.25) is 0 Å². The summed E-state index contributed by atoms with van der Waals surface area (Å²) in [4.78, 5) is 8.86. The van der Waals surface area contributed by atoms with Crippen molar-refractivity contribution >= 4 is 16.8 Å². The highest BCUT2D eigenvalue weighted by Gasteiger charge is 2.13. The van der Waals surface area contributed by atoms with E-state index in [1.807, 2.05) is 63.3 Å². The van der Waals surface area contributed by atoms with Gasteiger partial charge in [0.15, 0.2) is 0 Å². The third kappa shape index (κ3) is 12.3. The molecule has 224 valence electrons. The van der Waals surface area contributed by atoms with Crippen LogP contribution in [0.2, 0.25) is 0 Å². The Hall–Kier alpha value is -4.75. The SMILES string of the molecule is C=C/C=C\C=C.CC.CCC.CCNc1ccc2c(c1)C/C(=C\C=C(/C#N)c1ccnc(-c3cc(C)ccn3)c1)C=C2C. The van der Waals surface area contributed by atoms with E-state index in [-0.39, 0.29) is 0 Å². The first-order valence-corrected chi connectivity index (χ1v) is 15.1. The molecular weight excluding hydrogens is 524 g/mol. The predicted octanol–water partition coefficient (Wildman–Crippen LogP) is 10.7. The lowest BCUT2D eigenvalue weighted by molar-refractivity contribution is 1.09. The number of pyridine rings is 2. The predicted molar refractivity (Wildman–Crippen MR) is 189 cm³/mol. The van der Waals surface area contributed by atoms with E-state index in [0.29, 0.717) is 5.57 Å². The van der Waals surface area contributed by atoms with Crippen LogP contribution in [0, 0.1) is 18.3 Å². The molecule has 0 fully saturated rings. The molecular formula is C39H48N4. The molecule has 3 aromatic rings. The van der Waals surface area contributed by atoms with Crippen molar-refractivity contribution in [2.75, 3.05) is 11.9 Å². The Morgan fingerprint density at radius 3 is 2.14 bits per heavy atom. The maximum Gasteiger partial charge on any atom is 0.0997 e. The van der Waals surface area contributed by atoms with Crippen molar-refractivity contribution in [2.24, 2.45) is 0 Å². The molecule has 2 aromatic heterocycles. The third-order valence-corrected chi connectivity index (χ3v) is 5.92. The topological polar surface area (TPSA) is 61.6 Å². The van der Waals surface area contributed by atoms with Gasteiger partial charge in [-0.3, -0.25) is 9.97 Å². The number of benzene rings is 1. The Morgan fingerprint density at radius 1 is 0.930 bits per heavy atom. The number of nitrogens with one attached hydrogen (secondary N) is 1. The first-order chi connectivity index (χ1) is 20.9. The minimum Gasteiger partial charge on any atom is -0.385 e. The summed E-state index contributed by atoms with van der Waals surface area (Å²) < 4.78 is 0. The number of nitrogens with zero attached hydrogens (tertiary/aromatic N) is 3. The number of hydrogen-bond acceptors (Lipinski definition) is 4. The lowest BCUT2D eigenvalue weighted by atomic mass is 9.88. The summed E-state index contributed by atoms with van der Waals surface area (Å²) in [5.41, 5.74) is 10.3. The van der Waals surface area contributed by atoms with E-state index in [2.05, 4.69) is 92.6 Å². The summed E-state index contributed by atoms with van der Waals surface area (Å²) in [5, 5.41) is 13.2. The highest BCUT2D eigenvalue weighted by Crippen LogP contribution is 2.31. The fraction of sp³-hybridized carbons (Fsp3) is 0.256. The van der Waals surface area contributed by atoms with Crippen LogP contribution in [0.4, 0.5) is 5.69 Å². The lowest BCUT2D eigenvalue weighted by Gasteiger charge is -2.18. The Bertz CT molecular complexity index is 1470. The lowest BCUT2D eigenvalue weighted by Crippen LogP contribution is -2.03. The van der Waals surface area contributed by atoms with Gasteiger partial charge in [0.25, 0.3) is 0 Å². The van der Waals surface area contributed by atoms with Gasteiger partial charge in [-0.25, -0.2) is 0 Å². The van der Waals surface area contributed by atoms with Gasteiger partial charge in [-0.1, -0.05) is 89.8 Å². The van der Waals surface area contributed by atoms with Crippen molar-refractivity contribution in [3.8, 4) is 17.5 Å². The van der Waals surface area contributed by atoms with Crippen LogP contribution < -0.4 is 5.32 Å². The van der Waals surface area contributed by atoms with Gasteiger partial charge in [0.1, 0.15) is 0 Å². The van der Waals surface area contributed by atoms with Crippen LogP contribution in [0.5, 0.6) is 0 Å². The van der Waals surface area contributed by atoms with Crippen molar-refractivity contribution in [1.29, 1.82) is 5.26 Å². The molecule has 0 radical (unpaired) electrons. The largest absolute Gasteiger partial charge is 0.385 e.